The Balaban J connectivity index is 1.68. The molecule has 2 aliphatic heterocycles. The molecule has 0 saturated carbocycles. The number of hydrogen-bond acceptors (Lipinski definition) is 2. The van der Waals surface area contributed by atoms with Crippen molar-refractivity contribution in [1.82, 2.24) is 0 Å². The molecule has 2 atom stereocenters. The van der Waals surface area contributed by atoms with Crippen LogP contribution in [-0.4, -0.2) is 14.0 Å². The SMILES string of the molecule is BC1(c2ccc3c(c2)-c2cccc4cccc(c24)O3)C=C(C)C(CC)O1. The van der Waals surface area contributed by atoms with Gasteiger partial charge in [-0.25, -0.2) is 0 Å². The molecule has 3 aromatic carbocycles. The highest BCUT2D eigenvalue weighted by Crippen LogP contribution is 2.48. The molecule has 0 aliphatic carbocycles. The van der Waals surface area contributed by atoms with E-state index in [1.165, 1.54) is 27.5 Å². The zero-order valence-electron chi connectivity index (χ0n) is 15.4. The second kappa shape index (κ2) is 5.49. The molecule has 5 rings (SSSR count). The second-order valence-corrected chi connectivity index (χ2v) is 7.48. The summed E-state index contributed by atoms with van der Waals surface area (Å²) in [4.78, 5) is 0. The van der Waals surface area contributed by atoms with Gasteiger partial charge in [0.05, 0.1) is 11.6 Å². The van der Waals surface area contributed by atoms with Crippen LogP contribution in [0.4, 0.5) is 0 Å². The van der Waals surface area contributed by atoms with Gasteiger partial charge in [-0.15, -0.1) is 0 Å². The van der Waals surface area contributed by atoms with Gasteiger partial charge in [0.2, 0.25) is 0 Å². The minimum atomic E-state index is -0.384. The minimum Gasteiger partial charge on any atom is -0.456 e. The average molecular weight is 340 g/mol. The second-order valence-electron chi connectivity index (χ2n) is 7.48. The molecule has 2 heterocycles. The van der Waals surface area contributed by atoms with Gasteiger partial charge in [0, 0.05) is 10.9 Å². The Morgan fingerprint density at radius 2 is 1.81 bits per heavy atom. The van der Waals surface area contributed by atoms with Crippen LogP contribution in [0.3, 0.4) is 0 Å². The maximum absolute atomic E-state index is 6.40. The van der Waals surface area contributed by atoms with Gasteiger partial charge in [-0.2, -0.15) is 0 Å². The minimum absolute atomic E-state index is 0.205. The lowest BCUT2D eigenvalue weighted by Gasteiger charge is -2.28. The van der Waals surface area contributed by atoms with Crippen LogP contribution >= 0.6 is 0 Å². The molecule has 0 radical (unpaired) electrons. The third-order valence-corrected chi connectivity index (χ3v) is 5.70. The maximum atomic E-state index is 6.40. The Morgan fingerprint density at radius 3 is 2.58 bits per heavy atom. The predicted molar refractivity (Wildman–Crippen MR) is 109 cm³/mol. The van der Waals surface area contributed by atoms with Crippen molar-refractivity contribution in [2.45, 2.75) is 31.9 Å². The van der Waals surface area contributed by atoms with E-state index < -0.39 is 0 Å². The van der Waals surface area contributed by atoms with E-state index >= 15 is 0 Å². The maximum Gasteiger partial charge on any atom is 0.154 e. The Hall–Kier alpha value is -2.52. The van der Waals surface area contributed by atoms with E-state index in [4.69, 9.17) is 9.47 Å². The third kappa shape index (κ3) is 2.17. The number of fused-ring (bicyclic) bond motifs is 2. The van der Waals surface area contributed by atoms with Crippen molar-refractivity contribution in [3.63, 3.8) is 0 Å². The van der Waals surface area contributed by atoms with E-state index in [2.05, 4.69) is 70.2 Å². The summed E-state index contributed by atoms with van der Waals surface area (Å²) in [5.41, 5.74) is 4.48. The molecule has 0 saturated heterocycles. The lowest BCUT2D eigenvalue weighted by Crippen LogP contribution is -2.27. The fraction of sp³-hybridized carbons (Fsp3) is 0.217. The summed E-state index contributed by atoms with van der Waals surface area (Å²) in [6, 6.07) is 19.1. The van der Waals surface area contributed by atoms with E-state index in [-0.39, 0.29) is 11.6 Å². The normalized spacial score (nSPS) is 23.5. The van der Waals surface area contributed by atoms with Gasteiger partial charge < -0.3 is 9.47 Å². The fourth-order valence-corrected chi connectivity index (χ4v) is 4.38. The van der Waals surface area contributed by atoms with E-state index in [1.807, 2.05) is 12.1 Å². The molecular weight excluding hydrogens is 319 g/mol. The Kier molecular flexibility index (Phi) is 3.32. The van der Waals surface area contributed by atoms with Gasteiger partial charge in [0.25, 0.3) is 0 Å². The molecule has 3 heteroatoms. The quantitative estimate of drug-likeness (QED) is 0.371. The topological polar surface area (TPSA) is 18.5 Å². The Labute approximate surface area is 154 Å². The van der Waals surface area contributed by atoms with Crippen molar-refractivity contribution in [3.8, 4) is 22.6 Å². The summed E-state index contributed by atoms with van der Waals surface area (Å²) < 4.78 is 12.6. The van der Waals surface area contributed by atoms with Crippen molar-refractivity contribution in [2.75, 3.05) is 0 Å². The standard InChI is InChI=1S/C23H21BO2/c1-3-19-14(2)13-23(24,26-19)16-10-11-20-18(12-16)17-8-4-6-15-7-5-9-21(25-20)22(15)17/h4-13,19H,3,24H2,1-2H3. The van der Waals surface area contributed by atoms with Gasteiger partial charge in [0.15, 0.2) is 7.85 Å². The zero-order valence-corrected chi connectivity index (χ0v) is 15.4. The van der Waals surface area contributed by atoms with Crippen LogP contribution in [0.25, 0.3) is 21.9 Å². The largest absolute Gasteiger partial charge is 0.456 e. The number of hydrogen-bond donors (Lipinski definition) is 0. The smallest absolute Gasteiger partial charge is 0.154 e. The van der Waals surface area contributed by atoms with Crippen LogP contribution in [0.1, 0.15) is 25.8 Å². The molecular formula is C23H21BO2. The van der Waals surface area contributed by atoms with Crippen LogP contribution < -0.4 is 4.74 Å². The first-order valence-electron chi connectivity index (χ1n) is 9.31. The van der Waals surface area contributed by atoms with Crippen LogP contribution in [0, 0.1) is 0 Å². The van der Waals surface area contributed by atoms with Crippen molar-refractivity contribution in [1.29, 1.82) is 0 Å². The first-order chi connectivity index (χ1) is 12.6. The van der Waals surface area contributed by atoms with E-state index in [0.717, 1.165) is 23.5 Å². The number of benzene rings is 3. The van der Waals surface area contributed by atoms with Crippen molar-refractivity contribution >= 4 is 18.6 Å². The summed E-state index contributed by atoms with van der Waals surface area (Å²) in [5.74, 6) is 1.85. The molecule has 26 heavy (non-hydrogen) atoms. The molecule has 0 N–H and O–H groups in total. The Morgan fingerprint density at radius 1 is 1.00 bits per heavy atom. The van der Waals surface area contributed by atoms with Crippen molar-refractivity contribution < 1.29 is 9.47 Å². The predicted octanol–water partition coefficient (Wildman–Crippen LogP) is 5.15. The molecule has 2 unspecified atom stereocenters. The third-order valence-electron chi connectivity index (χ3n) is 5.70. The first-order valence-corrected chi connectivity index (χ1v) is 9.31. The van der Waals surface area contributed by atoms with Crippen LogP contribution in [0.5, 0.6) is 11.5 Å². The monoisotopic (exact) mass is 340 g/mol. The number of ether oxygens (including phenoxy) is 2. The van der Waals surface area contributed by atoms with Gasteiger partial charge in [-0.05, 0) is 53.6 Å². The lowest BCUT2D eigenvalue weighted by atomic mass is 9.74. The first kappa shape index (κ1) is 15.7. The summed E-state index contributed by atoms with van der Waals surface area (Å²) in [6.45, 7) is 4.34. The van der Waals surface area contributed by atoms with Crippen molar-refractivity contribution in [2.24, 2.45) is 0 Å². The van der Waals surface area contributed by atoms with Gasteiger partial charge in [-0.3, -0.25) is 0 Å². The molecule has 0 spiro atoms. The Bertz CT molecular complexity index is 1060. The van der Waals surface area contributed by atoms with Crippen LogP contribution in [-0.2, 0) is 10.2 Å². The molecule has 2 aliphatic rings. The molecule has 128 valence electrons. The highest BCUT2D eigenvalue weighted by Gasteiger charge is 2.35. The van der Waals surface area contributed by atoms with Crippen molar-refractivity contribution in [3.05, 3.63) is 71.8 Å². The highest BCUT2D eigenvalue weighted by atomic mass is 16.5. The molecule has 0 aromatic heterocycles. The van der Waals surface area contributed by atoms with Gasteiger partial charge in [0.1, 0.15) is 11.5 Å². The molecule has 3 aromatic rings. The summed E-state index contributed by atoms with van der Waals surface area (Å²) >= 11 is 0. The highest BCUT2D eigenvalue weighted by molar-refractivity contribution is 6.17. The summed E-state index contributed by atoms with van der Waals surface area (Å²) in [5, 5.41) is 2.40. The average Bonchev–Trinajstić information content (AvgIpc) is 2.97. The van der Waals surface area contributed by atoms with E-state index in [1.54, 1.807) is 0 Å². The molecule has 2 nitrogen and oxygen atoms in total. The van der Waals surface area contributed by atoms with E-state index in [0.29, 0.717) is 0 Å². The summed E-state index contributed by atoms with van der Waals surface area (Å²) in [6.07, 6.45) is 3.47. The van der Waals surface area contributed by atoms with Crippen LogP contribution in [0.2, 0.25) is 0 Å². The van der Waals surface area contributed by atoms with Crippen LogP contribution in [0.15, 0.2) is 66.2 Å². The summed E-state index contributed by atoms with van der Waals surface area (Å²) in [7, 11) is 2.16. The molecule has 0 bridgehead atoms. The fourth-order valence-electron chi connectivity index (χ4n) is 4.38. The molecule has 0 fully saturated rings. The lowest BCUT2D eigenvalue weighted by molar-refractivity contribution is 0.0245. The van der Waals surface area contributed by atoms with Gasteiger partial charge >= 0.3 is 0 Å². The van der Waals surface area contributed by atoms with E-state index in [9.17, 15) is 0 Å². The zero-order chi connectivity index (χ0) is 17.9. The molecule has 0 amide bonds. The number of rotatable bonds is 2. The van der Waals surface area contributed by atoms with Gasteiger partial charge in [-0.1, -0.05) is 49.4 Å².